The summed E-state index contributed by atoms with van der Waals surface area (Å²) < 4.78 is 0. The molecule has 0 aromatic rings. The number of carbonyl (C=O) groups is 3. The van der Waals surface area contributed by atoms with Crippen LogP contribution in [-0.4, -0.2) is 28.7 Å². The molecule has 0 spiro atoms. The van der Waals surface area contributed by atoms with E-state index in [1.165, 1.54) is 0 Å². The van der Waals surface area contributed by atoms with Gasteiger partial charge in [-0.25, -0.2) is 0 Å². The van der Waals surface area contributed by atoms with Gasteiger partial charge in [-0.05, 0) is 80.0 Å². The van der Waals surface area contributed by atoms with Crippen molar-refractivity contribution >= 4 is 17.5 Å². The second-order valence-corrected chi connectivity index (χ2v) is 11.0. The predicted molar refractivity (Wildman–Crippen MR) is 105 cm³/mol. The molecule has 1 N–H and O–H groups in total. The number of rotatable bonds is 4. The molecule has 5 nitrogen and oxygen atoms in total. The van der Waals surface area contributed by atoms with Crippen molar-refractivity contribution in [3.8, 4) is 0 Å². The van der Waals surface area contributed by atoms with Gasteiger partial charge in [-0.3, -0.25) is 9.59 Å². The zero-order valence-corrected chi connectivity index (χ0v) is 21.0. The van der Waals surface area contributed by atoms with Crippen LogP contribution in [0.15, 0.2) is 0 Å². The van der Waals surface area contributed by atoms with Crippen LogP contribution in [0, 0.1) is 46.3 Å². The number of hydrogen-bond donors (Lipinski definition) is 1. The van der Waals surface area contributed by atoms with Crippen LogP contribution in [0.2, 0.25) is 0 Å². The maximum absolute atomic E-state index is 13.6. The molecule has 0 saturated heterocycles. The number of hydrogen-bond acceptors (Lipinski definition) is 5. The average molecular weight is 427 g/mol. The average Bonchev–Trinajstić information content (AvgIpc) is 3.01. The maximum atomic E-state index is 13.6. The maximum Gasteiger partial charge on any atom is 1.00 e. The molecule has 0 bridgehead atoms. The smallest absolute Gasteiger partial charge is 0.550 e. The van der Waals surface area contributed by atoms with Crippen LogP contribution in [0.25, 0.3) is 0 Å². The quantitative estimate of drug-likeness (QED) is 0.614. The molecular weight excluding hydrogens is 391 g/mol. The van der Waals surface area contributed by atoms with Crippen LogP contribution >= 0.6 is 0 Å². The van der Waals surface area contributed by atoms with E-state index in [0.29, 0.717) is 31.5 Å². The molecule has 9 atom stereocenters. The Morgan fingerprint density at radius 2 is 1.87 bits per heavy atom. The van der Waals surface area contributed by atoms with E-state index in [-0.39, 0.29) is 88.8 Å². The van der Waals surface area contributed by atoms with Crippen LogP contribution < -0.4 is 34.7 Å². The van der Waals surface area contributed by atoms with Gasteiger partial charge >= 0.3 is 29.6 Å². The van der Waals surface area contributed by atoms with E-state index in [9.17, 15) is 24.6 Å². The Morgan fingerprint density at radius 3 is 2.53 bits per heavy atom. The Labute approximate surface area is 202 Å². The molecule has 4 saturated carbocycles. The minimum Gasteiger partial charge on any atom is -0.550 e. The Balaban J connectivity index is 0.00000256. The molecule has 0 heterocycles. The summed E-state index contributed by atoms with van der Waals surface area (Å²) in [5.41, 5.74) is -0.549. The molecule has 0 aromatic heterocycles. The number of carboxylic acids is 1. The first-order valence-electron chi connectivity index (χ1n) is 11.5. The van der Waals surface area contributed by atoms with Crippen LogP contribution in [0.1, 0.15) is 78.6 Å². The van der Waals surface area contributed by atoms with Crippen LogP contribution in [0.4, 0.5) is 0 Å². The zero-order chi connectivity index (χ0) is 21.1. The predicted octanol–water partition coefficient (Wildman–Crippen LogP) is -0.466. The molecule has 0 radical (unpaired) electrons. The third-order valence-electron chi connectivity index (χ3n) is 9.86. The summed E-state index contributed by atoms with van der Waals surface area (Å²) in [6.07, 6.45) is 5.39. The fourth-order valence-corrected chi connectivity index (χ4v) is 8.12. The van der Waals surface area contributed by atoms with E-state index in [1.807, 2.05) is 0 Å². The Morgan fingerprint density at radius 1 is 1.17 bits per heavy atom. The van der Waals surface area contributed by atoms with Crippen molar-refractivity contribution in [2.45, 2.75) is 84.7 Å². The van der Waals surface area contributed by atoms with Gasteiger partial charge in [-0.1, -0.05) is 20.8 Å². The van der Waals surface area contributed by atoms with E-state index in [4.69, 9.17) is 0 Å². The molecule has 6 heteroatoms. The normalized spacial score (nSPS) is 46.3. The Bertz CT molecular complexity index is 722. The molecule has 4 rings (SSSR count). The van der Waals surface area contributed by atoms with Crippen molar-refractivity contribution in [3.05, 3.63) is 0 Å². The Kier molecular flexibility index (Phi) is 7.00. The fraction of sp³-hybridized carbons (Fsp3) is 0.875. The molecular formula is C24H35NaO5. The van der Waals surface area contributed by atoms with Gasteiger partial charge < -0.3 is 15.0 Å². The number of aliphatic hydroxyl groups is 1. The third kappa shape index (κ3) is 3.66. The largest absolute Gasteiger partial charge is 1.00 e. The molecule has 4 fully saturated rings. The molecule has 2 unspecified atom stereocenters. The van der Waals surface area contributed by atoms with E-state index in [1.54, 1.807) is 0 Å². The SMILES string of the molecule is C[C@H](CCC(=O)[O-])[C@H]1CC[C@H]2[C@@H]3C(=O)CC4CC(O)CC[C@]4(C)[C@H]3CC(=O)[C@]12C.[Na+]. The minimum absolute atomic E-state index is 0. The van der Waals surface area contributed by atoms with Crippen molar-refractivity contribution in [1.29, 1.82) is 0 Å². The molecule has 0 aromatic carbocycles. The molecule has 4 aliphatic carbocycles. The molecule has 0 amide bonds. The Hall–Kier alpha value is -0.230. The van der Waals surface area contributed by atoms with Crippen LogP contribution in [0.5, 0.6) is 0 Å². The third-order valence-corrected chi connectivity index (χ3v) is 9.86. The monoisotopic (exact) mass is 426 g/mol. The second-order valence-electron chi connectivity index (χ2n) is 11.0. The van der Waals surface area contributed by atoms with Crippen molar-refractivity contribution in [1.82, 2.24) is 0 Å². The van der Waals surface area contributed by atoms with E-state index >= 15 is 0 Å². The van der Waals surface area contributed by atoms with Gasteiger partial charge in [0.25, 0.3) is 0 Å². The summed E-state index contributed by atoms with van der Waals surface area (Å²) in [5, 5.41) is 21.1. The van der Waals surface area contributed by atoms with Crippen LogP contribution in [-0.2, 0) is 14.4 Å². The van der Waals surface area contributed by atoms with Gasteiger partial charge in [-0.2, -0.15) is 0 Å². The first-order chi connectivity index (χ1) is 13.6. The minimum atomic E-state index is -1.03. The van der Waals surface area contributed by atoms with Crippen molar-refractivity contribution in [3.63, 3.8) is 0 Å². The number of aliphatic carboxylic acids is 1. The number of Topliss-reactive ketones (excluding diaryl/α,β-unsaturated/α-hetero) is 2. The second kappa shape index (κ2) is 8.61. The van der Waals surface area contributed by atoms with E-state index in [2.05, 4.69) is 20.8 Å². The number of carbonyl (C=O) groups excluding carboxylic acids is 3. The van der Waals surface area contributed by atoms with E-state index in [0.717, 1.165) is 25.7 Å². The van der Waals surface area contributed by atoms with Gasteiger partial charge in [0.2, 0.25) is 0 Å². The van der Waals surface area contributed by atoms with Gasteiger partial charge in [0.1, 0.15) is 11.6 Å². The van der Waals surface area contributed by atoms with Crippen molar-refractivity contribution < 1.29 is 54.2 Å². The fourth-order valence-electron chi connectivity index (χ4n) is 8.12. The number of aliphatic hydroxyl groups excluding tert-OH is 1. The first-order valence-corrected chi connectivity index (χ1v) is 11.5. The number of fused-ring (bicyclic) bond motifs is 5. The first kappa shape index (κ1) is 24.4. The summed E-state index contributed by atoms with van der Waals surface area (Å²) in [5.74, 6) is 0.162. The number of carboxylic acid groups (broad SMARTS) is 1. The van der Waals surface area contributed by atoms with Crippen LogP contribution in [0.3, 0.4) is 0 Å². The summed E-state index contributed by atoms with van der Waals surface area (Å²) >= 11 is 0. The summed E-state index contributed by atoms with van der Waals surface area (Å²) in [7, 11) is 0. The molecule has 4 aliphatic rings. The van der Waals surface area contributed by atoms with Gasteiger partial charge in [0.15, 0.2) is 0 Å². The molecule has 0 aliphatic heterocycles. The number of ketones is 2. The van der Waals surface area contributed by atoms with E-state index < -0.39 is 11.4 Å². The zero-order valence-electron chi connectivity index (χ0n) is 19.0. The van der Waals surface area contributed by atoms with Gasteiger partial charge in [0, 0.05) is 30.1 Å². The molecule has 30 heavy (non-hydrogen) atoms. The van der Waals surface area contributed by atoms with Crippen molar-refractivity contribution in [2.75, 3.05) is 0 Å². The molecule has 162 valence electrons. The van der Waals surface area contributed by atoms with Crippen molar-refractivity contribution in [2.24, 2.45) is 46.3 Å². The summed E-state index contributed by atoms with van der Waals surface area (Å²) in [6.45, 7) is 6.39. The summed E-state index contributed by atoms with van der Waals surface area (Å²) in [6, 6.07) is 0. The van der Waals surface area contributed by atoms with Gasteiger partial charge in [-0.15, -0.1) is 0 Å². The van der Waals surface area contributed by atoms with Gasteiger partial charge in [0.05, 0.1) is 6.10 Å². The standard InChI is InChI=1S/C24H36O5.Na/c1-13(4-7-21(28)29)16-5-6-17-22-18(12-20(27)24(16,17)3)23(2)9-8-15(25)10-14(23)11-19(22)26;/h13-18,22,25H,4-12H2,1-3H3,(H,28,29);/q;+1/p-1/t13-,14?,15?,16-,17+,18+,22+,23+,24-;/m1./s1. The summed E-state index contributed by atoms with van der Waals surface area (Å²) in [4.78, 5) is 37.9. The topological polar surface area (TPSA) is 94.5 Å².